The molecule has 0 aliphatic rings. The highest BCUT2D eigenvalue weighted by molar-refractivity contribution is 5.74. The summed E-state index contributed by atoms with van der Waals surface area (Å²) in [4.78, 5) is 33.8. The van der Waals surface area contributed by atoms with Gasteiger partial charge < -0.3 is 19.7 Å². The van der Waals surface area contributed by atoms with Crippen LogP contribution in [0.2, 0.25) is 0 Å². The van der Waals surface area contributed by atoms with Crippen molar-refractivity contribution in [1.29, 1.82) is 0 Å². The molecule has 0 unspecified atom stereocenters. The van der Waals surface area contributed by atoms with Crippen LogP contribution in [-0.4, -0.2) is 28.8 Å². The molecular formula is C14H10N6O3. The molecule has 0 radical (unpaired) electrons. The van der Waals surface area contributed by atoms with Crippen molar-refractivity contribution in [2.75, 3.05) is 0 Å². The first-order valence-electron chi connectivity index (χ1n) is 6.78. The first-order valence-corrected chi connectivity index (χ1v) is 6.78. The molecule has 0 aliphatic carbocycles. The molecule has 1 N–H and O–H groups in total. The van der Waals surface area contributed by atoms with Crippen molar-refractivity contribution in [2.45, 2.75) is 6.54 Å². The summed E-state index contributed by atoms with van der Waals surface area (Å²) >= 11 is 0. The topological polar surface area (TPSA) is 111 Å². The number of aromatic amines is 1. The predicted octanol–water partition coefficient (Wildman–Crippen LogP) is 1.33. The highest BCUT2D eigenvalue weighted by Crippen LogP contribution is 2.12. The number of imidazole rings is 2. The van der Waals surface area contributed by atoms with Gasteiger partial charge in [0.25, 0.3) is 0 Å². The second-order valence-electron chi connectivity index (χ2n) is 5.02. The summed E-state index contributed by atoms with van der Waals surface area (Å²) in [5.74, 6) is 0.266. The SMILES string of the molecule is O=c1c2nc([N+](=O)[O-])cn2ccn1Cc1nc2ccccc2[nH]1. The molecule has 9 nitrogen and oxygen atoms in total. The Kier molecular flexibility index (Phi) is 2.73. The summed E-state index contributed by atoms with van der Waals surface area (Å²) in [5.41, 5.74) is 1.29. The van der Waals surface area contributed by atoms with E-state index in [4.69, 9.17) is 0 Å². The van der Waals surface area contributed by atoms with Crippen LogP contribution < -0.4 is 5.56 Å². The summed E-state index contributed by atoms with van der Waals surface area (Å²) in [5, 5.41) is 10.8. The van der Waals surface area contributed by atoms with E-state index >= 15 is 0 Å². The Bertz CT molecular complexity index is 1070. The smallest absolute Gasteiger partial charge is 0.358 e. The second-order valence-corrected chi connectivity index (χ2v) is 5.02. The minimum atomic E-state index is -0.629. The van der Waals surface area contributed by atoms with E-state index in [1.807, 2.05) is 24.3 Å². The number of aromatic nitrogens is 5. The van der Waals surface area contributed by atoms with Crippen LogP contribution in [0.25, 0.3) is 16.7 Å². The van der Waals surface area contributed by atoms with E-state index in [1.54, 1.807) is 12.4 Å². The highest BCUT2D eigenvalue weighted by atomic mass is 16.6. The molecule has 4 rings (SSSR count). The number of nitro groups is 1. The van der Waals surface area contributed by atoms with Crippen LogP contribution in [0.1, 0.15) is 5.82 Å². The minimum Gasteiger partial charge on any atom is -0.358 e. The fraction of sp³-hybridized carbons (Fsp3) is 0.0714. The molecule has 23 heavy (non-hydrogen) atoms. The molecule has 3 heterocycles. The van der Waals surface area contributed by atoms with Crippen LogP contribution in [0.15, 0.2) is 47.7 Å². The van der Waals surface area contributed by atoms with E-state index in [-0.39, 0.29) is 18.0 Å². The number of fused-ring (bicyclic) bond motifs is 2. The Morgan fingerprint density at radius 2 is 2.04 bits per heavy atom. The molecule has 0 fully saturated rings. The second kappa shape index (κ2) is 4.77. The lowest BCUT2D eigenvalue weighted by Gasteiger charge is -2.01. The lowest BCUT2D eigenvalue weighted by atomic mass is 10.3. The van der Waals surface area contributed by atoms with Crippen LogP contribution in [0.4, 0.5) is 5.82 Å². The van der Waals surface area contributed by atoms with E-state index < -0.39 is 10.5 Å². The van der Waals surface area contributed by atoms with Gasteiger partial charge in [0, 0.05) is 12.4 Å². The largest absolute Gasteiger partial charge is 0.382 e. The van der Waals surface area contributed by atoms with Crippen molar-refractivity contribution in [3.63, 3.8) is 0 Å². The Balaban J connectivity index is 1.77. The number of nitrogens with zero attached hydrogens (tertiary/aromatic N) is 5. The normalized spacial score (nSPS) is 11.3. The standard InChI is InChI=1S/C14H10N6O3/c21-14-13-17-12(20(22)23)8-18(13)5-6-19(14)7-11-15-9-3-1-2-4-10(9)16-11/h1-6,8H,7H2,(H,15,16). The molecule has 0 atom stereocenters. The van der Waals surface area contributed by atoms with Crippen LogP contribution in [0.5, 0.6) is 0 Å². The van der Waals surface area contributed by atoms with Crippen LogP contribution >= 0.6 is 0 Å². The quantitative estimate of drug-likeness (QED) is 0.453. The van der Waals surface area contributed by atoms with Gasteiger partial charge in [-0.3, -0.25) is 9.20 Å². The van der Waals surface area contributed by atoms with Gasteiger partial charge in [0.2, 0.25) is 0 Å². The van der Waals surface area contributed by atoms with Crippen molar-refractivity contribution in [2.24, 2.45) is 0 Å². The Morgan fingerprint density at radius 3 is 2.83 bits per heavy atom. The molecule has 0 spiro atoms. The van der Waals surface area contributed by atoms with Gasteiger partial charge in [-0.15, -0.1) is 0 Å². The molecule has 0 bridgehead atoms. The number of rotatable bonds is 3. The van der Waals surface area contributed by atoms with Crippen molar-refractivity contribution >= 4 is 22.5 Å². The van der Waals surface area contributed by atoms with Gasteiger partial charge >= 0.3 is 17.0 Å². The lowest BCUT2D eigenvalue weighted by Crippen LogP contribution is -2.22. The fourth-order valence-electron chi connectivity index (χ4n) is 2.46. The molecule has 9 heteroatoms. The van der Waals surface area contributed by atoms with Gasteiger partial charge in [0.15, 0.2) is 0 Å². The fourth-order valence-corrected chi connectivity index (χ4v) is 2.46. The highest BCUT2D eigenvalue weighted by Gasteiger charge is 2.17. The van der Waals surface area contributed by atoms with Crippen molar-refractivity contribution in [1.82, 2.24) is 23.9 Å². The lowest BCUT2D eigenvalue weighted by molar-refractivity contribution is -0.389. The number of hydrogen-bond acceptors (Lipinski definition) is 5. The maximum absolute atomic E-state index is 12.4. The maximum Gasteiger partial charge on any atom is 0.382 e. The average molecular weight is 310 g/mol. The summed E-state index contributed by atoms with van der Waals surface area (Å²) < 4.78 is 2.75. The molecule has 4 aromatic rings. The van der Waals surface area contributed by atoms with E-state index in [0.29, 0.717) is 5.82 Å². The Labute approximate surface area is 128 Å². The zero-order chi connectivity index (χ0) is 16.0. The third-order valence-electron chi connectivity index (χ3n) is 3.52. The average Bonchev–Trinajstić information content (AvgIpc) is 3.13. The molecule has 0 saturated heterocycles. The monoisotopic (exact) mass is 310 g/mol. The van der Waals surface area contributed by atoms with Gasteiger partial charge in [-0.2, -0.15) is 0 Å². The third kappa shape index (κ3) is 2.14. The number of nitrogens with one attached hydrogen (secondary N) is 1. The summed E-state index contributed by atoms with van der Waals surface area (Å²) in [7, 11) is 0. The number of benzene rings is 1. The summed E-state index contributed by atoms with van der Waals surface area (Å²) in [6.07, 6.45) is 4.32. The zero-order valence-electron chi connectivity index (χ0n) is 11.7. The first-order chi connectivity index (χ1) is 11.1. The molecule has 0 amide bonds. The van der Waals surface area contributed by atoms with Crippen LogP contribution in [-0.2, 0) is 6.54 Å². The molecule has 3 aromatic heterocycles. The van der Waals surface area contributed by atoms with E-state index in [0.717, 1.165) is 11.0 Å². The van der Waals surface area contributed by atoms with Crippen molar-refractivity contribution < 1.29 is 4.92 Å². The van der Waals surface area contributed by atoms with E-state index in [2.05, 4.69) is 15.0 Å². The van der Waals surface area contributed by atoms with E-state index in [9.17, 15) is 14.9 Å². The van der Waals surface area contributed by atoms with Crippen molar-refractivity contribution in [3.05, 3.63) is 69.1 Å². The Hall–Kier alpha value is -3.49. The minimum absolute atomic E-state index is 0.00955. The predicted molar refractivity (Wildman–Crippen MR) is 81.3 cm³/mol. The van der Waals surface area contributed by atoms with Gasteiger partial charge in [-0.1, -0.05) is 12.1 Å². The molecule has 0 saturated carbocycles. The van der Waals surface area contributed by atoms with Gasteiger partial charge in [-0.05, 0) is 22.0 Å². The molecular weight excluding hydrogens is 300 g/mol. The molecule has 0 aliphatic heterocycles. The zero-order valence-corrected chi connectivity index (χ0v) is 11.7. The third-order valence-corrected chi connectivity index (χ3v) is 3.52. The van der Waals surface area contributed by atoms with Crippen LogP contribution in [0.3, 0.4) is 0 Å². The first kappa shape index (κ1) is 13.2. The maximum atomic E-state index is 12.4. The summed E-state index contributed by atoms with van der Waals surface area (Å²) in [6, 6.07) is 7.55. The number of H-pyrrole nitrogens is 1. The summed E-state index contributed by atoms with van der Waals surface area (Å²) in [6.45, 7) is 0.227. The molecule has 1 aromatic carbocycles. The Morgan fingerprint density at radius 1 is 1.22 bits per heavy atom. The number of para-hydroxylation sites is 2. The van der Waals surface area contributed by atoms with Gasteiger partial charge in [-0.25, -0.2) is 4.98 Å². The van der Waals surface area contributed by atoms with E-state index in [1.165, 1.54) is 15.2 Å². The van der Waals surface area contributed by atoms with Gasteiger partial charge in [0.1, 0.15) is 12.0 Å². The van der Waals surface area contributed by atoms with Crippen LogP contribution in [0, 0.1) is 10.1 Å². The van der Waals surface area contributed by atoms with Crippen molar-refractivity contribution in [3.8, 4) is 0 Å². The van der Waals surface area contributed by atoms with Gasteiger partial charge in [0.05, 0.1) is 17.6 Å². The molecule has 114 valence electrons. The number of hydrogen-bond donors (Lipinski definition) is 1.